The molecule has 154 valence electrons. The van der Waals surface area contributed by atoms with Gasteiger partial charge < -0.3 is 14.8 Å². The molecule has 1 N–H and O–H groups in total. The van der Waals surface area contributed by atoms with Crippen LogP contribution in [0.5, 0.6) is 5.75 Å². The molecule has 11 nitrogen and oxygen atoms in total. The fraction of sp³-hybridized carbons (Fsp3) is 0.158. The summed E-state index contributed by atoms with van der Waals surface area (Å²) in [5.74, 6) is -0.284. The van der Waals surface area contributed by atoms with Gasteiger partial charge in [0.2, 0.25) is 5.91 Å². The lowest BCUT2D eigenvalue weighted by molar-refractivity contribution is -0.384. The molecular weight excluding hydrogens is 394 g/mol. The van der Waals surface area contributed by atoms with Crippen LogP contribution in [0, 0.1) is 10.1 Å². The van der Waals surface area contributed by atoms with Crippen LogP contribution in [0.2, 0.25) is 0 Å². The molecule has 0 bridgehead atoms. The van der Waals surface area contributed by atoms with Crippen molar-refractivity contribution in [2.45, 2.75) is 13.2 Å². The van der Waals surface area contributed by atoms with Crippen molar-refractivity contribution in [3.05, 3.63) is 76.1 Å². The number of rotatable bonds is 8. The third kappa shape index (κ3) is 5.38. The van der Waals surface area contributed by atoms with Crippen LogP contribution >= 0.6 is 0 Å². The van der Waals surface area contributed by atoms with Crippen molar-refractivity contribution in [3.63, 3.8) is 0 Å². The maximum Gasteiger partial charge on any atom is 0.338 e. The first-order valence-corrected chi connectivity index (χ1v) is 8.69. The molecular formula is C19H17N5O6. The van der Waals surface area contributed by atoms with Crippen LogP contribution in [0.3, 0.4) is 0 Å². The Hall–Kier alpha value is -4.28. The molecule has 3 aromatic rings. The molecule has 1 amide bonds. The van der Waals surface area contributed by atoms with Crippen molar-refractivity contribution in [2.24, 2.45) is 0 Å². The van der Waals surface area contributed by atoms with Gasteiger partial charge in [-0.2, -0.15) is 0 Å². The van der Waals surface area contributed by atoms with Crippen LogP contribution in [-0.2, 0) is 22.7 Å². The normalized spacial score (nSPS) is 10.3. The van der Waals surface area contributed by atoms with Crippen LogP contribution in [0.4, 0.5) is 11.4 Å². The molecule has 0 aliphatic carbocycles. The Morgan fingerprint density at radius 3 is 2.47 bits per heavy atom. The number of amides is 1. The number of nitrogens with one attached hydrogen (secondary N) is 1. The molecule has 1 heterocycles. The topological polar surface area (TPSA) is 138 Å². The lowest BCUT2D eigenvalue weighted by Gasteiger charge is -2.06. The second kappa shape index (κ2) is 9.28. The highest BCUT2D eigenvalue weighted by Crippen LogP contribution is 2.15. The number of anilines is 1. The molecule has 1 aromatic heterocycles. The highest BCUT2D eigenvalue weighted by atomic mass is 16.6. The summed E-state index contributed by atoms with van der Waals surface area (Å²) in [7, 11) is 1.55. The highest BCUT2D eigenvalue weighted by molar-refractivity contribution is 5.90. The summed E-state index contributed by atoms with van der Waals surface area (Å²) in [5, 5.41) is 21.0. The van der Waals surface area contributed by atoms with Gasteiger partial charge >= 0.3 is 5.97 Å². The van der Waals surface area contributed by atoms with Crippen LogP contribution in [0.25, 0.3) is 0 Å². The van der Waals surface area contributed by atoms with Crippen molar-refractivity contribution in [2.75, 3.05) is 12.4 Å². The van der Waals surface area contributed by atoms with Crippen molar-refractivity contribution in [1.82, 2.24) is 15.0 Å². The standard InChI is InChI=1S/C19H17N5O6/c1-29-17-8-4-14(5-9-17)20-18(25)11-23-10-15(21-22-23)12-30-19(26)13-2-6-16(7-3-13)24(27)28/h2-10H,11-12H2,1H3,(H,20,25). The number of nitro groups is 1. The van der Waals surface area contributed by atoms with Crippen LogP contribution in [-0.4, -0.2) is 38.9 Å². The van der Waals surface area contributed by atoms with Gasteiger partial charge in [0, 0.05) is 17.8 Å². The van der Waals surface area contributed by atoms with E-state index in [4.69, 9.17) is 9.47 Å². The Kier molecular flexibility index (Phi) is 6.33. The predicted molar refractivity (Wildman–Crippen MR) is 104 cm³/mol. The second-order valence-electron chi connectivity index (χ2n) is 6.06. The van der Waals surface area contributed by atoms with Crippen LogP contribution in [0.1, 0.15) is 16.1 Å². The van der Waals surface area contributed by atoms with E-state index in [0.717, 1.165) is 0 Å². The number of benzene rings is 2. The number of hydrogen-bond donors (Lipinski definition) is 1. The minimum absolute atomic E-state index is 0.0741. The van der Waals surface area contributed by atoms with E-state index < -0.39 is 10.9 Å². The van der Waals surface area contributed by atoms with Crippen molar-refractivity contribution in [3.8, 4) is 5.75 Å². The van der Waals surface area contributed by atoms with E-state index in [-0.39, 0.29) is 30.3 Å². The molecule has 0 saturated carbocycles. The molecule has 3 rings (SSSR count). The van der Waals surface area contributed by atoms with E-state index >= 15 is 0 Å². The number of carbonyl (C=O) groups excluding carboxylic acids is 2. The van der Waals surface area contributed by atoms with Crippen molar-refractivity contribution >= 4 is 23.3 Å². The number of carbonyl (C=O) groups is 2. The predicted octanol–water partition coefficient (Wildman–Crippen LogP) is 2.19. The molecule has 0 unspecified atom stereocenters. The summed E-state index contributed by atoms with van der Waals surface area (Å²) in [6, 6.07) is 11.9. The lowest BCUT2D eigenvalue weighted by atomic mass is 10.2. The van der Waals surface area contributed by atoms with Gasteiger partial charge in [0.05, 0.1) is 23.8 Å². The Labute approximate surface area is 170 Å². The third-order valence-electron chi connectivity index (χ3n) is 3.93. The molecule has 0 aliphatic rings. The van der Waals surface area contributed by atoms with E-state index in [2.05, 4.69) is 15.6 Å². The second-order valence-corrected chi connectivity index (χ2v) is 6.06. The molecule has 2 aromatic carbocycles. The summed E-state index contributed by atoms with van der Waals surface area (Å²) < 4.78 is 11.5. The molecule has 0 aliphatic heterocycles. The summed E-state index contributed by atoms with van der Waals surface area (Å²) in [4.78, 5) is 34.2. The average molecular weight is 411 g/mol. The molecule has 0 atom stereocenters. The quantitative estimate of drug-likeness (QED) is 0.338. The Morgan fingerprint density at radius 2 is 1.83 bits per heavy atom. The highest BCUT2D eigenvalue weighted by Gasteiger charge is 2.12. The fourth-order valence-corrected chi connectivity index (χ4v) is 2.45. The smallest absolute Gasteiger partial charge is 0.338 e. The van der Waals surface area contributed by atoms with Crippen molar-refractivity contribution in [1.29, 1.82) is 0 Å². The number of methoxy groups -OCH3 is 1. The Bertz CT molecular complexity index is 1050. The Balaban J connectivity index is 1.49. The number of aromatic nitrogens is 3. The van der Waals surface area contributed by atoms with E-state index in [9.17, 15) is 19.7 Å². The SMILES string of the molecule is COc1ccc(NC(=O)Cn2cc(COC(=O)c3ccc([N+](=O)[O-])cc3)nn2)cc1. The van der Waals surface area contributed by atoms with E-state index in [1.54, 1.807) is 31.4 Å². The summed E-state index contributed by atoms with van der Waals surface area (Å²) in [5.41, 5.74) is 1.01. The maximum atomic E-state index is 12.1. The third-order valence-corrected chi connectivity index (χ3v) is 3.93. The zero-order valence-corrected chi connectivity index (χ0v) is 15.8. The molecule has 11 heteroatoms. The van der Waals surface area contributed by atoms with Gasteiger partial charge in [0.15, 0.2) is 0 Å². The van der Waals surface area contributed by atoms with E-state index in [1.165, 1.54) is 35.1 Å². The average Bonchev–Trinajstić information content (AvgIpc) is 3.19. The lowest BCUT2D eigenvalue weighted by Crippen LogP contribution is -2.19. The summed E-state index contributed by atoms with van der Waals surface area (Å²) in [6.07, 6.45) is 1.48. The molecule has 0 spiro atoms. The number of nitro benzene ring substituents is 1. The zero-order valence-electron chi connectivity index (χ0n) is 15.8. The fourth-order valence-electron chi connectivity index (χ4n) is 2.45. The number of nitrogens with zero attached hydrogens (tertiary/aromatic N) is 4. The number of hydrogen-bond acceptors (Lipinski definition) is 8. The minimum Gasteiger partial charge on any atom is -0.497 e. The first-order valence-electron chi connectivity index (χ1n) is 8.69. The number of ether oxygens (including phenoxy) is 2. The minimum atomic E-state index is -0.656. The number of non-ortho nitro benzene ring substituents is 1. The first-order chi connectivity index (χ1) is 14.4. The summed E-state index contributed by atoms with van der Waals surface area (Å²) >= 11 is 0. The van der Waals surface area contributed by atoms with Crippen molar-refractivity contribution < 1.29 is 24.0 Å². The number of esters is 1. The molecule has 30 heavy (non-hydrogen) atoms. The van der Waals surface area contributed by atoms with Gasteiger partial charge in [-0.15, -0.1) is 5.10 Å². The van der Waals surface area contributed by atoms with Gasteiger partial charge in [-0.3, -0.25) is 14.9 Å². The molecule has 0 radical (unpaired) electrons. The molecule has 0 fully saturated rings. The van der Waals surface area contributed by atoms with Crippen LogP contribution in [0.15, 0.2) is 54.7 Å². The van der Waals surface area contributed by atoms with Gasteiger partial charge in [0.25, 0.3) is 5.69 Å². The van der Waals surface area contributed by atoms with Gasteiger partial charge in [-0.1, -0.05) is 5.21 Å². The van der Waals surface area contributed by atoms with Gasteiger partial charge in [-0.25, -0.2) is 9.48 Å². The largest absolute Gasteiger partial charge is 0.497 e. The summed E-state index contributed by atoms with van der Waals surface area (Å²) in [6.45, 7) is -0.231. The molecule has 0 saturated heterocycles. The van der Waals surface area contributed by atoms with E-state index in [0.29, 0.717) is 17.1 Å². The van der Waals surface area contributed by atoms with Crippen LogP contribution < -0.4 is 10.1 Å². The maximum absolute atomic E-state index is 12.1. The Morgan fingerprint density at radius 1 is 1.13 bits per heavy atom. The zero-order chi connectivity index (χ0) is 21.5. The van der Waals surface area contributed by atoms with Gasteiger partial charge in [0.1, 0.15) is 24.6 Å². The van der Waals surface area contributed by atoms with E-state index in [1.807, 2.05) is 0 Å². The van der Waals surface area contributed by atoms with Gasteiger partial charge in [-0.05, 0) is 36.4 Å². The monoisotopic (exact) mass is 411 g/mol. The first kappa shape index (κ1) is 20.5.